The average Bonchev–Trinajstić information content (AvgIpc) is 2.80. The van der Waals surface area contributed by atoms with Gasteiger partial charge in [0.25, 0.3) is 0 Å². The molecule has 1 aliphatic rings. The van der Waals surface area contributed by atoms with Crippen molar-refractivity contribution in [3.05, 3.63) is 42.2 Å². The SMILES string of the molecule is CCCCCCCCCCC.Cc1cnc(-c2ccc(N3CCN(C)CC3)cc2)nc1. The number of anilines is 1. The molecular weight excluding hydrogens is 380 g/mol. The van der Waals surface area contributed by atoms with Crippen LogP contribution in [0.1, 0.15) is 77.2 Å². The smallest absolute Gasteiger partial charge is 0.159 e. The second-order valence-corrected chi connectivity index (χ2v) is 8.90. The van der Waals surface area contributed by atoms with Crippen LogP contribution in [0, 0.1) is 6.92 Å². The van der Waals surface area contributed by atoms with Crippen molar-refractivity contribution in [3.63, 3.8) is 0 Å². The van der Waals surface area contributed by atoms with Crippen LogP contribution in [0.2, 0.25) is 0 Å². The maximum absolute atomic E-state index is 4.37. The number of hydrogen-bond donors (Lipinski definition) is 0. The number of piperazine rings is 1. The van der Waals surface area contributed by atoms with Gasteiger partial charge in [-0.2, -0.15) is 0 Å². The molecule has 0 bridgehead atoms. The molecule has 1 fully saturated rings. The molecule has 31 heavy (non-hydrogen) atoms. The highest BCUT2D eigenvalue weighted by molar-refractivity contribution is 5.60. The second kappa shape index (κ2) is 15.0. The average molecular weight is 425 g/mol. The van der Waals surface area contributed by atoms with Gasteiger partial charge in [0.2, 0.25) is 0 Å². The lowest BCUT2D eigenvalue weighted by atomic mass is 10.1. The van der Waals surface area contributed by atoms with Crippen LogP contribution in [0.15, 0.2) is 36.7 Å². The lowest BCUT2D eigenvalue weighted by Crippen LogP contribution is -2.44. The molecule has 2 aromatic rings. The normalized spacial score (nSPS) is 14.3. The largest absolute Gasteiger partial charge is 0.369 e. The first-order chi connectivity index (χ1) is 15.1. The van der Waals surface area contributed by atoms with E-state index in [-0.39, 0.29) is 0 Å². The quantitative estimate of drug-likeness (QED) is 0.395. The highest BCUT2D eigenvalue weighted by Crippen LogP contribution is 2.21. The number of benzene rings is 1. The number of unbranched alkanes of at least 4 members (excludes halogenated alkanes) is 8. The van der Waals surface area contributed by atoms with Gasteiger partial charge in [0, 0.05) is 49.8 Å². The minimum Gasteiger partial charge on any atom is -0.369 e. The molecule has 1 aromatic heterocycles. The molecule has 1 aromatic carbocycles. The highest BCUT2D eigenvalue weighted by Gasteiger charge is 2.14. The third kappa shape index (κ3) is 9.82. The molecule has 172 valence electrons. The Hall–Kier alpha value is -1.94. The molecule has 0 atom stereocenters. The maximum Gasteiger partial charge on any atom is 0.159 e. The van der Waals surface area contributed by atoms with Crippen molar-refractivity contribution in [1.29, 1.82) is 0 Å². The van der Waals surface area contributed by atoms with Gasteiger partial charge in [0.1, 0.15) is 0 Å². The van der Waals surface area contributed by atoms with Crippen LogP contribution in [-0.4, -0.2) is 48.1 Å². The van der Waals surface area contributed by atoms with Crippen molar-refractivity contribution in [2.75, 3.05) is 38.1 Å². The van der Waals surface area contributed by atoms with Gasteiger partial charge >= 0.3 is 0 Å². The topological polar surface area (TPSA) is 32.3 Å². The Balaban J connectivity index is 0.000000267. The fourth-order valence-electron chi connectivity index (χ4n) is 3.81. The molecule has 1 aliphatic heterocycles. The summed E-state index contributed by atoms with van der Waals surface area (Å²) < 4.78 is 0. The molecule has 0 unspecified atom stereocenters. The van der Waals surface area contributed by atoms with E-state index in [1.807, 2.05) is 19.3 Å². The lowest BCUT2D eigenvalue weighted by molar-refractivity contribution is 0.313. The Kier molecular flexibility index (Phi) is 12.2. The summed E-state index contributed by atoms with van der Waals surface area (Å²) >= 11 is 0. The Morgan fingerprint density at radius 2 is 1.19 bits per heavy atom. The number of likely N-dealkylation sites (N-methyl/N-ethyl adjacent to an activating group) is 1. The summed E-state index contributed by atoms with van der Waals surface area (Å²) in [6.45, 7) is 11.0. The van der Waals surface area contributed by atoms with Crippen LogP contribution in [0.25, 0.3) is 11.4 Å². The number of aromatic nitrogens is 2. The lowest BCUT2D eigenvalue weighted by Gasteiger charge is -2.34. The van der Waals surface area contributed by atoms with Gasteiger partial charge in [-0.15, -0.1) is 0 Å². The summed E-state index contributed by atoms with van der Waals surface area (Å²) in [5, 5.41) is 0. The van der Waals surface area contributed by atoms with Crippen molar-refractivity contribution >= 4 is 5.69 Å². The summed E-state index contributed by atoms with van der Waals surface area (Å²) in [6.07, 6.45) is 16.7. The third-order valence-corrected chi connectivity index (χ3v) is 5.98. The van der Waals surface area contributed by atoms with Crippen molar-refractivity contribution in [2.24, 2.45) is 0 Å². The van der Waals surface area contributed by atoms with E-state index in [0.717, 1.165) is 43.1 Å². The molecule has 3 rings (SSSR count). The van der Waals surface area contributed by atoms with E-state index in [0.29, 0.717) is 0 Å². The number of rotatable bonds is 10. The Bertz CT molecular complexity index is 680. The van der Waals surface area contributed by atoms with Gasteiger partial charge in [-0.3, -0.25) is 0 Å². The first-order valence-electron chi connectivity index (χ1n) is 12.5. The van der Waals surface area contributed by atoms with Crippen LogP contribution in [0.4, 0.5) is 5.69 Å². The van der Waals surface area contributed by atoms with Crippen molar-refractivity contribution in [3.8, 4) is 11.4 Å². The molecule has 0 radical (unpaired) electrons. The number of aryl methyl sites for hydroxylation is 1. The van der Waals surface area contributed by atoms with Crippen molar-refractivity contribution < 1.29 is 0 Å². The van der Waals surface area contributed by atoms with E-state index >= 15 is 0 Å². The molecular formula is C27H44N4. The first-order valence-corrected chi connectivity index (χ1v) is 12.5. The number of hydrogen-bond acceptors (Lipinski definition) is 4. The van der Waals surface area contributed by atoms with Crippen LogP contribution in [0.3, 0.4) is 0 Å². The summed E-state index contributed by atoms with van der Waals surface area (Å²) in [4.78, 5) is 13.5. The van der Waals surface area contributed by atoms with Crippen molar-refractivity contribution in [2.45, 2.75) is 78.6 Å². The molecule has 0 saturated carbocycles. The van der Waals surface area contributed by atoms with E-state index in [9.17, 15) is 0 Å². The zero-order chi connectivity index (χ0) is 22.3. The maximum atomic E-state index is 4.37. The number of nitrogens with zero attached hydrogens (tertiary/aromatic N) is 4. The van der Waals surface area contributed by atoms with E-state index in [2.05, 4.69) is 64.9 Å². The summed E-state index contributed by atoms with van der Waals surface area (Å²) in [5.74, 6) is 0.792. The zero-order valence-electron chi connectivity index (χ0n) is 20.4. The molecule has 0 aliphatic carbocycles. The minimum atomic E-state index is 0.792. The monoisotopic (exact) mass is 424 g/mol. The third-order valence-electron chi connectivity index (χ3n) is 5.98. The summed E-state index contributed by atoms with van der Waals surface area (Å²) in [5.41, 5.74) is 3.44. The van der Waals surface area contributed by atoms with Crippen LogP contribution in [-0.2, 0) is 0 Å². The Labute approximate surface area is 191 Å². The van der Waals surface area contributed by atoms with Crippen LogP contribution < -0.4 is 4.90 Å². The molecule has 4 heteroatoms. The highest BCUT2D eigenvalue weighted by atomic mass is 15.2. The van der Waals surface area contributed by atoms with Gasteiger partial charge in [-0.25, -0.2) is 9.97 Å². The zero-order valence-corrected chi connectivity index (χ0v) is 20.4. The van der Waals surface area contributed by atoms with Crippen LogP contribution >= 0.6 is 0 Å². The molecule has 4 nitrogen and oxygen atoms in total. The molecule has 0 N–H and O–H groups in total. The van der Waals surface area contributed by atoms with E-state index in [4.69, 9.17) is 0 Å². The summed E-state index contributed by atoms with van der Waals surface area (Å²) in [7, 11) is 2.18. The molecule has 1 saturated heterocycles. The predicted molar refractivity (Wildman–Crippen MR) is 135 cm³/mol. The van der Waals surface area contributed by atoms with Gasteiger partial charge in [0.05, 0.1) is 0 Å². The van der Waals surface area contributed by atoms with Gasteiger partial charge in [-0.05, 0) is 43.8 Å². The predicted octanol–water partition coefficient (Wildman–Crippen LogP) is 6.74. The van der Waals surface area contributed by atoms with Crippen molar-refractivity contribution in [1.82, 2.24) is 14.9 Å². The Morgan fingerprint density at radius 3 is 1.68 bits per heavy atom. The summed E-state index contributed by atoms with van der Waals surface area (Å²) in [6, 6.07) is 8.56. The van der Waals surface area contributed by atoms with Crippen LogP contribution in [0.5, 0.6) is 0 Å². The second-order valence-electron chi connectivity index (χ2n) is 8.90. The van der Waals surface area contributed by atoms with E-state index in [1.165, 1.54) is 63.5 Å². The van der Waals surface area contributed by atoms with Gasteiger partial charge < -0.3 is 9.80 Å². The van der Waals surface area contributed by atoms with E-state index in [1.54, 1.807) is 0 Å². The molecule has 2 heterocycles. The fraction of sp³-hybridized carbons (Fsp3) is 0.630. The minimum absolute atomic E-state index is 0.792. The standard InChI is InChI=1S/C16H20N4.C11H24/c1-13-11-17-16(18-12-13)14-3-5-15(6-4-14)20-9-7-19(2)8-10-20;1-3-5-7-9-11-10-8-6-4-2/h3-6,11-12H,7-10H2,1-2H3;3-11H2,1-2H3. The fourth-order valence-corrected chi connectivity index (χ4v) is 3.81. The van der Waals surface area contributed by atoms with Gasteiger partial charge in [-0.1, -0.05) is 71.6 Å². The van der Waals surface area contributed by atoms with Gasteiger partial charge in [0.15, 0.2) is 5.82 Å². The molecule has 0 spiro atoms. The Morgan fingerprint density at radius 1 is 0.710 bits per heavy atom. The van der Waals surface area contributed by atoms with E-state index < -0.39 is 0 Å². The first kappa shape index (κ1) is 25.3. The molecule has 0 amide bonds.